The van der Waals surface area contributed by atoms with Gasteiger partial charge in [0, 0.05) is 11.3 Å². The van der Waals surface area contributed by atoms with Gasteiger partial charge >= 0.3 is 5.97 Å². The van der Waals surface area contributed by atoms with Crippen LogP contribution in [0.3, 0.4) is 0 Å². The van der Waals surface area contributed by atoms with Crippen molar-refractivity contribution in [2.24, 2.45) is 22.7 Å². The summed E-state index contributed by atoms with van der Waals surface area (Å²) >= 11 is 0. The summed E-state index contributed by atoms with van der Waals surface area (Å²) in [7, 11) is 0. The minimum absolute atomic E-state index is 0.179. The lowest BCUT2D eigenvalue weighted by atomic mass is 9.36. The first-order valence-electron chi connectivity index (χ1n) is 10.0. The van der Waals surface area contributed by atoms with Gasteiger partial charge in [-0.2, -0.15) is 0 Å². The van der Waals surface area contributed by atoms with Gasteiger partial charge in [0.1, 0.15) is 23.4 Å². The Kier molecular flexibility index (Phi) is 3.70. The number of ether oxygens (including phenoxy) is 2. The number of aliphatic hydroxyl groups is 6. The van der Waals surface area contributed by atoms with Crippen molar-refractivity contribution >= 4 is 5.97 Å². The lowest BCUT2D eigenvalue weighted by Gasteiger charge is -2.70. The molecule has 2 heterocycles. The summed E-state index contributed by atoms with van der Waals surface area (Å²) < 4.78 is 11.4. The van der Waals surface area contributed by atoms with E-state index in [-0.39, 0.29) is 18.9 Å². The van der Waals surface area contributed by atoms with Crippen LogP contribution in [0.4, 0.5) is 0 Å². The number of hydrogen-bond donors (Lipinski definition) is 6. The van der Waals surface area contributed by atoms with Crippen molar-refractivity contribution in [2.45, 2.75) is 75.0 Å². The molecule has 0 aromatic rings. The Bertz CT molecular complexity index is 814. The van der Waals surface area contributed by atoms with Crippen molar-refractivity contribution in [3.8, 4) is 0 Å². The van der Waals surface area contributed by atoms with E-state index in [0.717, 1.165) is 5.57 Å². The van der Waals surface area contributed by atoms with E-state index in [1.165, 1.54) is 6.92 Å². The molecule has 5 aliphatic rings. The first-order valence-corrected chi connectivity index (χ1v) is 10.0. The Morgan fingerprint density at radius 3 is 2.41 bits per heavy atom. The van der Waals surface area contributed by atoms with E-state index >= 15 is 0 Å². The Morgan fingerprint density at radius 2 is 1.76 bits per heavy atom. The average Bonchev–Trinajstić information content (AvgIpc) is 2.85. The molecule has 0 aromatic carbocycles. The highest BCUT2D eigenvalue weighted by Crippen LogP contribution is 2.73. The van der Waals surface area contributed by atoms with Gasteiger partial charge in [0.2, 0.25) is 0 Å². The zero-order chi connectivity index (χ0) is 21.3. The lowest BCUT2D eigenvalue weighted by Crippen LogP contribution is -2.86. The van der Waals surface area contributed by atoms with Gasteiger partial charge in [0.15, 0.2) is 6.10 Å². The zero-order valence-electron chi connectivity index (χ0n) is 16.5. The van der Waals surface area contributed by atoms with E-state index in [0.29, 0.717) is 0 Å². The van der Waals surface area contributed by atoms with Gasteiger partial charge in [-0.3, -0.25) is 0 Å². The molecule has 2 saturated carbocycles. The number of carbonyl (C=O) groups is 1. The number of fused-ring (bicyclic) bond motifs is 2. The fourth-order valence-corrected chi connectivity index (χ4v) is 7.72. The predicted molar refractivity (Wildman–Crippen MR) is 95.1 cm³/mol. The van der Waals surface area contributed by atoms with Gasteiger partial charge in [0.25, 0.3) is 0 Å². The van der Waals surface area contributed by atoms with Crippen LogP contribution < -0.4 is 0 Å². The van der Waals surface area contributed by atoms with E-state index in [9.17, 15) is 35.4 Å². The van der Waals surface area contributed by atoms with Crippen LogP contribution in [0.25, 0.3) is 0 Å². The van der Waals surface area contributed by atoms with E-state index in [1.54, 1.807) is 19.9 Å². The smallest absolute Gasteiger partial charge is 0.338 e. The van der Waals surface area contributed by atoms with Crippen molar-refractivity contribution in [3.05, 3.63) is 11.6 Å². The molecule has 4 fully saturated rings. The van der Waals surface area contributed by atoms with Crippen LogP contribution in [0.2, 0.25) is 0 Å². The number of esters is 1. The van der Waals surface area contributed by atoms with E-state index in [1.807, 2.05) is 0 Å². The lowest BCUT2D eigenvalue weighted by molar-refractivity contribution is -0.355. The summed E-state index contributed by atoms with van der Waals surface area (Å²) in [4.78, 5) is 12.5. The second kappa shape index (κ2) is 5.40. The Labute approximate surface area is 167 Å². The molecule has 2 aliphatic heterocycles. The minimum atomic E-state index is -2.24. The molecule has 5 rings (SSSR count). The maximum absolute atomic E-state index is 12.5. The summed E-state index contributed by atoms with van der Waals surface area (Å²) in [6.45, 7) is 4.69. The predicted octanol–water partition coefficient (Wildman–Crippen LogP) is -2.16. The molecular formula is C20H28O9. The van der Waals surface area contributed by atoms with Crippen molar-refractivity contribution < 1.29 is 44.9 Å². The summed E-state index contributed by atoms with van der Waals surface area (Å²) in [5, 5.41) is 66.5. The molecule has 1 spiro atoms. The molecule has 162 valence electrons. The highest BCUT2D eigenvalue weighted by molar-refractivity contribution is 5.79. The Morgan fingerprint density at radius 1 is 1.10 bits per heavy atom. The SMILES string of the molecule is CC1=C[C@H](O)[C@H](O)[C@]2(C)C3[C@@H](O)[C@H](O)[C@@]4(C)OC[C@@]35[C@H](C[C@H]12)OC(=O)[C@H](O)[C@]54O. The van der Waals surface area contributed by atoms with Crippen LogP contribution in [-0.4, -0.2) is 91.0 Å². The van der Waals surface area contributed by atoms with Crippen molar-refractivity contribution in [2.75, 3.05) is 6.61 Å². The Balaban J connectivity index is 1.82. The average molecular weight is 412 g/mol. The van der Waals surface area contributed by atoms with Gasteiger partial charge in [-0.25, -0.2) is 4.79 Å². The second-order valence-electron chi connectivity index (χ2n) is 9.94. The van der Waals surface area contributed by atoms with Crippen molar-refractivity contribution in [1.82, 2.24) is 0 Å². The van der Waals surface area contributed by atoms with Gasteiger partial charge in [-0.15, -0.1) is 0 Å². The van der Waals surface area contributed by atoms with Crippen LogP contribution in [0, 0.1) is 22.7 Å². The first-order chi connectivity index (χ1) is 13.4. The van der Waals surface area contributed by atoms with Gasteiger partial charge in [0.05, 0.1) is 30.3 Å². The minimum Gasteiger partial charge on any atom is -0.460 e. The number of aliphatic hydroxyl groups excluding tert-OH is 5. The largest absolute Gasteiger partial charge is 0.460 e. The molecule has 1 unspecified atom stereocenters. The number of carbonyl (C=O) groups excluding carboxylic acids is 1. The summed E-state index contributed by atoms with van der Waals surface area (Å²) in [5.74, 6) is -2.42. The summed E-state index contributed by atoms with van der Waals surface area (Å²) in [6, 6.07) is 0. The number of allylic oxidation sites excluding steroid dienone is 1. The summed E-state index contributed by atoms with van der Waals surface area (Å²) in [6.07, 6.45) is -6.71. The molecule has 9 heteroatoms. The normalized spacial score (nSPS) is 63.3. The fourth-order valence-electron chi connectivity index (χ4n) is 7.72. The quantitative estimate of drug-likeness (QED) is 0.193. The van der Waals surface area contributed by atoms with Gasteiger partial charge in [-0.05, 0) is 26.2 Å². The van der Waals surface area contributed by atoms with E-state index < -0.39 is 70.5 Å². The third-order valence-corrected chi connectivity index (χ3v) is 9.13. The van der Waals surface area contributed by atoms with Crippen LogP contribution in [0.15, 0.2) is 11.6 Å². The van der Waals surface area contributed by atoms with Gasteiger partial charge < -0.3 is 40.1 Å². The summed E-state index contributed by atoms with van der Waals surface area (Å²) in [5.41, 5.74) is -5.93. The van der Waals surface area contributed by atoms with Gasteiger partial charge in [-0.1, -0.05) is 18.6 Å². The second-order valence-corrected chi connectivity index (χ2v) is 9.94. The molecule has 0 amide bonds. The third kappa shape index (κ3) is 1.75. The first kappa shape index (κ1) is 19.9. The molecule has 2 bridgehead atoms. The molecule has 3 aliphatic carbocycles. The van der Waals surface area contributed by atoms with Crippen LogP contribution in [0.1, 0.15) is 27.2 Å². The topological polar surface area (TPSA) is 157 Å². The molecule has 0 radical (unpaired) electrons. The van der Waals surface area contributed by atoms with Crippen LogP contribution in [-0.2, 0) is 14.3 Å². The molecule has 9 nitrogen and oxygen atoms in total. The number of rotatable bonds is 0. The van der Waals surface area contributed by atoms with Crippen molar-refractivity contribution in [1.29, 1.82) is 0 Å². The number of hydrogen-bond acceptors (Lipinski definition) is 9. The van der Waals surface area contributed by atoms with E-state index in [4.69, 9.17) is 9.47 Å². The highest BCUT2D eigenvalue weighted by atomic mass is 16.6. The highest BCUT2D eigenvalue weighted by Gasteiger charge is 2.88. The van der Waals surface area contributed by atoms with Crippen molar-refractivity contribution in [3.63, 3.8) is 0 Å². The maximum atomic E-state index is 12.5. The Hall–Kier alpha value is -1.07. The molecule has 6 N–H and O–H groups in total. The van der Waals surface area contributed by atoms with Crippen LogP contribution >= 0.6 is 0 Å². The molecular weight excluding hydrogens is 384 g/mol. The zero-order valence-corrected chi connectivity index (χ0v) is 16.5. The third-order valence-electron chi connectivity index (χ3n) is 9.13. The molecule has 29 heavy (non-hydrogen) atoms. The fraction of sp³-hybridized carbons (Fsp3) is 0.850. The maximum Gasteiger partial charge on any atom is 0.338 e. The molecule has 2 saturated heterocycles. The molecule has 12 atom stereocenters. The van der Waals surface area contributed by atoms with E-state index in [2.05, 4.69) is 0 Å². The standard InChI is InChI=1S/C20H28O9/c1-7-4-9(21)13(23)17(2)8(7)5-10-19-6-28-18(3,14(24)11(22)12(17)19)20(19,27)15(25)16(26)29-10/h4,8-15,21-25,27H,5-6H2,1-3H3/t8-,9+,10+,11-,12?,13+,14+,15+,17+,18-,19-,20-/m1/s1. The van der Waals surface area contributed by atoms with Crippen LogP contribution in [0.5, 0.6) is 0 Å². The monoisotopic (exact) mass is 412 g/mol. The molecule has 0 aromatic heterocycles.